The summed E-state index contributed by atoms with van der Waals surface area (Å²) in [7, 11) is -5.36. The minimum absolute atomic E-state index is 0.220. The van der Waals surface area contributed by atoms with Gasteiger partial charge in [-0.1, -0.05) is 0 Å². The van der Waals surface area contributed by atoms with Crippen LogP contribution in [0.4, 0.5) is 0 Å². The van der Waals surface area contributed by atoms with Gasteiger partial charge in [-0.2, -0.15) is 0 Å². The summed E-state index contributed by atoms with van der Waals surface area (Å²) in [5.41, 5.74) is 0.220. The van der Waals surface area contributed by atoms with Crippen molar-refractivity contribution in [2.45, 2.75) is 48.1 Å². The molecule has 0 aliphatic carbocycles. The van der Waals surface area contributed by atoms with Gasteiger partial charge in [0.15, 0.2) is 0 Å². The van der Waals surface area contributed by atoms with Gasteiger partial charge in [0.05, 0.1) is 18.8 Å². The second kappa shape index (κ2) is 9.94. The second-order valence-electron chi connectivity index (χ2n) is 6.88. The van der Waals surface area contributed by atoms with Crippen LogP contribution in [0.1, 0.15) is 10.4 Å². The number of pyridine rings is 1. The predicted octanol–water partition coefficient (Wildman–Crippen LogP) is -3.77. The van der Waals surface area contributed by atoms with E-state index in [1.54, 1.807) is 6.07 Å². The van der Waals surface area contributed by atoms with Gasteiger partial charge in [0, 0.05) is 12.4 Å². The molecule has 0 saturated carbocycles. The first kappa shape index (κ1) is 25.7. The third-order valence-corrected chi connectivity index (χ3v) is 6.50. The van der Waals surface area contributed by atoms with E-state index in [1.165, 1.54) is 18.5 Å². The zero-order valence-electron chi connectivity index (χ0n) is 15.8. The quantitative estimate of drug-likeness (QED) is 0.188. The van der Waals surface area contributed by atoms with Crippen LogP contribution in [-0.2, 0) is 14.0 Å². The molecule has 2 fully saturated rings. The molecule has 15 heteroatoms. The molecule has 8 atom stereocenters. The average Bonchev–Trinajstić information content (AvgIpc) is 3.17. The molecule has 2 aliphatic rings. The molecule has 176 valence electrons. The average molecular weight is 469 g/mol. The fourth-order valence-corrected chi connectivity index (χ4v) is 4.66. The molecule has 1 aromatic heterocycles. The van der Waals surface area contributed by atoms with E-state index in [0.717, 1.165) is 0 Å². The first-order chi connectivity index (χ1) is 14.4. The van der Waals surface area contributed by atoms with Crippen LogP contribution in [0.15, 0.2) is 24.5 Å². The van der Waals surface area contributed by atoms with Crippen LogP contribution in [0.3, 0.4) is 0 Å². The molecule has 2 unspecified atom stereocenters. The van der Waals surface area contributed by atoms with E-state index >= 15 is 0 Å². The van der Waals surface area contributed by atoms with Gasteiger partial charge in [-0.3, -0.25) is 9.55 Å². The molecule has 0 aromatic carbocycles. The molecule has 0 radical (unpaired) electrons. The lowest BCUT2D eigenvalue weighted by Crippen LogP contribution is -2.56. The summed E-state index contributed by atoms with van der Waals surface area (Å²) in [6.45, 7) is -1.61. The standard InChI is InChI=1S/C10H19O11P.C6H5NO2/c11-1-3-5(13)7(15)9(20-3)10(22(17,18)19)8(16)6(14)4(2-12)21-10;8-6(9)5-2-1-3-7-4-5/h3-9,11-16H,1-2H2,(H2,17,18,19);1-4H,(H,8,9)/t3-,4-,5-,6-,7-,8-,9?,10?;/m1./s1. The Morgan fingerprint density at radius 3 is 2.03 bits per heavy atom. The van der Waals surface area contributed by atoms with Gasteiger partial charge >= 0.3 is 13.6 Å². The van der Waals surface area contributed by atoms with E-state index in [1.807, 2.05) is 0 Å². The molecule has 9 N–H and O–H groups in total. The van der Waals surface area contributed by atoms with Crippen molar-refractivity contribution in [1.82, 2.24) is 4.98 Å². The number of carboxylic acid groups (broad SMARTS) is 1. The molecule has 2 aliphatic heterocycles. The predicted molar refractivity (Wildman–Crippen MR) is 97.7 cm³/mol. The number of carboxylic acids is 1. The molecule has 3 rings (SSSR count). The van der Waals surface area contributed by atoms with Crippen molar-refractivity contribution in [1.29, 1.82) is 0 Å². The highest BCUT2D eigenvalue weighted by Gasteiger charge is 2.72. The number of hydrogen-bond acceptors (Lipinski definition) is 11. The Bertz CT molecular complexity index is 791. The minimum Gasteiger partial charge on any atom is -0.478 e. The largest absolute Gasteiger partial charge is 0.478 e. The summed E-state index contributed by atoms with van der Waals surface area (Å²) >= 11 is 0. The summed E-state index contributed by atoms with van der Waals surface area (Å²) < 4.78 is 21.9. The number of aliphatic hydroxyl groups excluding tert-OH is 6. The monoisotopic (exact) mass is 469 g/mol. The van der Waals surface area contributed by atoms with Gasteiger partial charge in [-0.25, -0.2) is 4.79 Å². The highest BCUT2D eigenvalue weighted by atomic mass is 31.2. The maximum Gasteiger partial charge on any atom is 0.362 e. The SMILES string of the molecule is O=C(O)c1cccnc1.O=P(O)(O)C1(C2O[C@H](CO)[C@@H](O)[C@H]2O)O[C@H](CO)[C@@H](O)[C@H]1O. The lowest BCUT2D eigenvalue weighted by atomic mass is 9.98. The van der Waals surface area contributed by atoms with Gasteiger partial charge in [0.2, 0.25) is 5.34 Å². The zero-order chi connectivity index (χ0) is 23.6. The third-order valence-electron chi connectivity index (χ3n) is 4.96. The smallest absolute Gasteiger partial charge is 0.362 e. The Labute approximate surface area is 175 Å². The van der Waals surface area contributed by atoms with E-state index in [-0.39, 0.29) is 5.56 Å². The maximum absolute atomic E-state index is 11.9. The topological polar surface area (TPSA) is 248 Å². The van der Waals surface area contributed by atoms with Crippen LogP contribution < -0.4 is 0 Å². The Morgan fingerprint density at radius 1 is 1.06 bits per heavy atom. The highest BCUT2D eigenvalue weighted by molar-refractivity contribution is 7.53. The van der Waals surface area contributed by atoms with Crippen molar-refractivity contribution in [3.8, 4) is 0 Å². The number of nitrogens with zero attached hydrogens (tertiary/aromatic N) is 1. The van der Waals surface area contributed by atoms with Crippen molar-refractivity contribution in [3.05, 3.63) is 30.1 Å². The van der Waals surface area contributed by atoms with Crippen LogP contribution >= 0.6 is 7.60 Å². The molecule has 14 nitrogen and oxygen atoms in total. The lowest BCUT2D eigenvalue weighted by molar-refractivity contribution is -0.153. The van der Waals surface area contributed by atoms with Crippen LogP contribution in [0.2, 0.25) is 0 Å². The molecule has 1 aromatic rings. The first-order valence-electron chi connectivity index (χ1n) is 8.88. The van der Waals surface area contributed by atoms with Crippen molar-refractivity contribution in [2.75, 3.05) is 13.2 Å². The van der Waals surface area contributed by atoms with Crippen molar-refractivity contribution in [2.24, 2.45) is 0 Å². The number of hydrogen-bond donors (Lipinski definition) is 9. The van der Waals surface area contributed by atoms with Crippen LogP contribution in [-0.4, -0.2) is 118 Å². The number of ether oxygens (including phenoxy) is 2. The molecule has 2 saturated heterocycles. The normalized spacial score (nSPS) is 37.9. The van der Waals surface area contributed by atoms with Crippen molar-refractivity contribution < 1.29 is 64.4 Å². The molecule has 31 heavy (non-hydrogen) atoms. The third kappa shape index (κ3) is 4.79. The molecule has 3 heterocycles. The zero-order valence-corrected chi connectivity index (χ0v) is 16.7. The number of rotatable bonds is 5. The number of aromatic carboxylic acids is 1. The Kier molecular flexibility index (Phi) is 8.24. The molecule has 0 amide bonds. The number of aromatic nitrogens is 1. The maximum atomic E-state index is 11.9. The van der Waals surface area contributed by atoms with E-state index in [4.69, 9.17) is 24.8 Å². The van der Waals surface area contributed by atoms with Gasteiger partial charge in [-0.15, -0.1) is 0 Å². The van der Waals surface area contributed by atoms with Crippen LogP contribution in [0.25, 0.3) is 0 Å². The Balaban J connectivity index is 0.000000316. The summed E-state index contributed by atoms with van der Waals surface area (Å²) in [6.07, 6.45) is -9.60. The second-order valence-corrected chi connectivity index (χ2v) is 8.66. The van der Waals surface area contributed by atoms with Crippen LogP contribution in [0.5, 0.6) is 0 Å². The number of aliphatic hydroxyl groups is 6. The van der Waals surface area contributed by atoms with Crippen molar-refractivity contribution >= 4 is 13.6 Å². The summed E-state index contributed by atoms with van der Waals surface area (Å²) in [5.74, 6) is -0.942. The summed E-state index contributed by atoms with van der Waals surface area (Å²) in [6, 6.07) is 3.08. The molecule has 0 spiro atoms. The van der Waals surface area contributed by atoms with Gasteiger partial charge in [0.25, 0.3) is 0 Å². The summed E-state index contributed by atoms with van der Waals surface area (Å²) in [5, 5.41) is 63.0. The number of carbonyl (C=O) groups is 1. The fraction of sp³-hybridized carbons (Fsp3) is 0.625. The fourth-order valence-electron chi connectivity index (χ4n) is 3.35. The Morgan fingerprint density at radius 2 is 1.68 bits per heavy atom. The van der Waals surface area contributed by atoms with Crippen LogP contribution in [0, 0.1) is 0 Å². The first-order valence-corrected chi connectivity index (χ1v) is 10.5. The molecule has 0 bridgehead atoms. The van der Waals surface area contributed by atoms with E-state index in [9.17, 15) is 39.6 Å². The Hall–Kier alpha value is -1.55. The molecular weight excluding hydrogens is 445 g/mol. The van der Waals surface area contributed by atoms with E-state index < -0.39 is 74.8 Å². The summed E-state index contributed by atoms with van der Waals surface area (Å²) in [4.78, 5) is 33.0. The van der Waals surface area contributed by atoms with Gasteiger partial charge < -0.3 is 55.0 Å². The van der Waals surface area contributed by atoms with E-state index in [2.05, 4.69) is 4.98 Å². The molecular formula is C16H24NO13P. The minimum atomic E-state index is -5.36. The van der Waals surface area contributed by atoms with Gasteiger partial charge in [0.1, 0.15) is 42.7 Å². The highest BCUT2D eigenvalue weighted by Crippen LogP contribution is 2.61. The lowest BCUT2D eigenvalue weighted by Gasteiger charge is -2.38. The van der Waals surface area contributed by atoms with Crippen molar-refractivity contribution in [3.63, 3.8) is 0 Å². The van der Waals surface area contributed by atoms with Gasteiger partial charge in [-0.05, 0) is 12.1 Å². The van der Waals surface area contributed by atoms with E-state index in [0.29, 0.717) is 0 Å².